The third-order valence-corrected chi connectivity index (χ3v) is 3.41. The Balaban J connectivity index is 1.96. The number of halogens is 2. The summed E-state index contributed by atoms with van der Waals surface area (Å²) in [6.45, 7) is 2.98. The van der Waals surface area contributed by atoms with Crippen molar-refractivity contribution in [2.75, 3.05) is 23.7 Å². The van der Waals surface area contributed by atoms with Crippen LogP contribution in [0.25, 0.3) is 0 Å². The van der Waals surface area contributed by atoms with Gasteiger partial charge in [-0.15, -0.1) is 0 Å². The van der Waals surface area contributed by atoms with Crippen molar-refractivity contribution < 1.29 is 4.79 Å². The third-order valence-electron chi connectivity index (χ3n) is 2.83. The van der Waals surface area contributed by atoms with Crippen molar-refractivity contribution in [3.8, 4) is 0 Å². The van der Waals surface area contributed by atoms with Gasteiger partial charge in [-0.25, -0.2) is 4.98 Å². The van der Waals surface area contributed by atoms with E-state index in [2.05, 4.69) is 27.9 Å². The van der Waals surface area contributed by atoms with Crippen LogP contribution in [-0.4, -0.2) is 30.0 Å². The van der Waals surface area contributed by atoms with Gasteiger partial charge < -0.3 is 16.0 Å². The summed E-state index contributed by atoms with van der Waals surface area (Å²) in [6, 6.07) is 1.97. The summed E-state index contributed by atoms with van der Waals surface area (Å²) in [5.41, 5.74) is 0. The lowest BCUT2D eigenvalue weighted by Gasteiger charge is -2.12. The number of hydrogen-bond acceptors (Lipinski definition) is 4. The van der Waals surface area contributed by atoms with Crippen molar-refractivity contribution >= 4 is 40.7 Å². The molecule has 1 aromatic rings. The summed E-state index contributed by atoms with van der Waals surface area (Å²) in [7, 11) is 0. The van der Waals surface area contributed by atoms with Gasteiger partial charge in [-0.05, 0) is 25.3 Å². The largest absolute Gasteiger partial charge is 0.369 e. The molecule has 1 fully saturated rings. The highest BCUT2D eigenvalue weighted by Gasteiger charge is 2.23. The molecule has 1 amide bonds. The number of amides is 1. The highest BCUT2D eigenvalue weighted by Crippen LogP contribution is 2.29. The van der Waals surface area contributed by atoms with Crippen LogP contribution in [0.2, 0.25) is 10.0 Å². The summed E-state index contributed by atoms with van der Waals surface area (Å²) in [6.07, 6.45) is 3.10. The minimum absolute atomic E-state index is 0.0524. The van der Waals surface area contributed by atoms with Crippen molar-refractivity contribution in [3.63, 3.8) is 0 Å². The molecule has 2 rings (SSSR count). The lowest BCUT2D eigenvalue weighted by molar-refractivity contribution is -0.119. The van der Waals surface area contributed by atoms with E-state index in [-0.39, 0.29) is 12.5 Å². The fourth-order valence-corrected chi connectivity index (χ4v) is 2.12. The number of rotatable bonds is 7. The Morgan fingerprint density at radius 3 is 2.55 bits per heavy atom. The summed E-state index contributed by atoms with van der Waals surface area (Å²) in [5.74, 6) is 0.979. The van der Waals surface area contributed by atoms with Gasteiger partial charge in [-0.1, -0.05) is 30.1 Å². The Morgan fingerprint density at radius 1 is 1.30 bits per heavy atom. The molecule has 7 heteroatoms. The molecule has 1 heterocycles. The average molecular weight is 317 g/mol. The maximum absolute atomic E-state index is 11.6. The molecule has 0 bridgehead atoms. The number of nitrogens with one attached hydrogen (secondary N) is 3. The minimum atomic E-state index is -0.0524. The molecule has 5 nitrogen and oxygen atoms in total. The molecule has 0 aromatic carbocycles. The zero-order valence-electron chi connectivity index (χ0n) is 11.3. The number of hydrogen-bond donors (Lipinski definition) is 3. The van der Waals surface area contributed by atoms with Gasteiger partial charge >= 0.3 is 0 Å². The monoisotopic (exact) mass is 316 g/mol. The van der Waals surface area contributed by atoms with Crippen LogP contribution in [0.15, 0.2) is 6.07 Å². The standard InChI is InChI=1S/C13H18Cl2N4O/c1-2-5-16-12-9(14)6-10(15)13(19-12)17-7-11(20)18-8-3-4-8/h6,8H,2-5,7H2,1H3,(H,18,20)(H2,16,17,19). The van der Waals surface area contributed by atoms with E-state index in [1.807, 2.05) is 0 Å². The third kappa shape index (κ3) is 4.42. The van der Waals surface area contributed by atoms with E-state index < -0.39 is 0 Å². The second-order valence-corrected chi connectivity index (χ2v) is 5.59. The van der Waals surface area contributed by atoms with Gasteiger partial charge in [0.1, 0.15) is 11.6 Å². The van der Waals surface area contributed by atoms with Crippen molar-refractivity contribution in [1.29, 1.82) is 0 Å². The summed E-state index contributed by atoms with van der Waals surface area (Å²) in [5, 5.41) is 9.81. The fraction of sp³-hybridized carbons (Fsp3) is 0.538. The molecule has 0 atom stereocenters. The first-order valence-corrected chi connectivity index (χ1v) is 7.49. The SMILES string of the molecule is CCCNc1nc(NCC(=O)NC2CC2)c(Cl)cc1Cl. The number of anilines is 2. The molecule has 1 aliphatic carbocycles. The first kappa shape index (κ1) is 15.2. The fourth-order valence-electron chi connectivity index (χ4n) is 1.63. The molecular weight excluding hydrogens is 299 g/mol. The van der Waals surface area contributed by atoms with Crippen molar-refractivity contribution in [1.82, 2.24) is 10.3 Å². The predicted octanol–water partition coefficient (Wildman–Crippen LogP) is 2.90. The van der Waals surface area contributed by atoms with E-state index in [1.54, 1.807) is 6.07 Å². The van der Waals surface area contributed by atoms with Gasteiger partial charge in [-0.2, -0.15) is 0 Å². The quantitative estimate of drug-likeness (QED) is 0.723. The van der Waals surface area contributed by atoms with E-state index >= 15 is 0 Å². The van der Waals surface area contributed by atoms with Crippen LogP contribution >= 0.6 is 23.2 Å². The van der Waals surface area contributed by atoms with Crippen LogP contribution in [0.5, 0.6) is 0 Å². The molecule has 0 spiro atoms. The number of carbonyl (C=O) groups excluding carboxylic acids is 1. The van der Waals surface area contributed by atoms with Crippen LogP contribution < -0.4 is 16.0 Å². The molecule has 0 aliphatic heterocycles. The van der Waals surface area contributed by atoms with Gasteiger partial charge in [0.15, 0.2) is 0 Å². The molecule has 1 saturated carbocycles. The maximum atomic E-state index is 11.6. The van der Waals surface area contributed by atoms with E-state index in [0.717, 1.165) is 25.8 Å². The van der Waals surface area contributed by atoms with E-state index in [4.69, 9.17) is 23.2 Å². The van der Waals surface area contributed by atoms with E-state index in [9.17, 15) is 4.79 Å². The highest BCUT2D eigenvalue weighted by molar-refractivity contribution is 6.37. The zero-order valence-corrected chi connectivity index (χ0v) is 12.8. The summed E-state index contributed by atoms with van der Waals surface area (Å²) >= 11 is 12.1. The topological polar surface area (TPSA) is 66.0 Å². The van der Waals surface area contributed by atoms with Crippen LogP contribution in [-0.2, 0) is 4.79 Å². The van der Waals surface area contributed by atoms with Crippen molar-refractivity contribution in [2.45, 2.75) is 32.2 Å². The van der Waals surface area contributed by atoms with Gasteiger partial charge in [-0.3, -0.25) is 4.79 Å². The van der Waals surface area contributed by atoms with Crippen molar-refractivity contribution in [3.05, 3.63) is 16.1 Å². The Kier molecular flexibility index (Phi) is 5.31. The van der Waals surface area contributed by atoms with Crippen LogP contribution in [0.4, 0.5) is 11.6 Å². The first-order valence-electron chi connectivity index (χ1n) is 6.73. The normalized spacial score (nSPS) is 13.9. The molecular formula is C13H18Cl2N4O. The molecule has 20 heavy (non-hydrogen) atoms. The van der Waals surface area contributed by atoms with Crippen molar-refractivity contribution in [2.24, 2.45) is 0 Å². The molecule has 1 aromatic heterocycles. The van der Waals surface area contributed by atoms with Gasteiger partial charge in [0.2, 0.25) is 5.91 Å². The molecule has 0 radical (unpaired) electrons. The Hall–Kier alpha value is -1.20. The van der Waals surface area contributed by atoms with E-state index in [1.165, 1.54) is 0 Å². The van der Waals surface area contributed by atoms with Crippen LogP contribution in [0, 0.1) is 0 Å². The molecule has 110 valence electrons. The first-order chi connectivity index (χ1) is 9.60. The summed E-state index contributed by atoms with van der Waals surface area (Å²) in [4.78, 5) is 15.9. The average Bonchev–Trinajstić information content (AvgIpc) is 3.20. The predicted molar refractivity (Wildman–Crippen MR) is 82.7 cm³/mol. The number of aromatic nitrogens is 1. The highest BCUT2D eigenvalue weighted by atomic mass is 35.5. The molecule has 0 unspecified atom stereocenters. The molecule has 0 saturated heterocycles. The maximum Gasteiger partial charge on any atom is 0.239 e. The molecule has 3 N–H and O–H groups in total. The Bertz CT molecular complexity index is 492. The Labute approximate surface area is 128 Å². The number of nitrogens with zero attached hydrogens (tertiary/aromatic N) is 1. The lowest BCUT2D eigenvalue weighted by Crippen LogP contribution is -2.31. The zero-order chi connectivity index (χ0) is 14.5. The lowest BCUT2D eigenvalue weighted by atomic mass is 10.4. The van der Waals surface area contributed by atoms with Crippen LogP contribution in [0.3, 0.4) is 0 Å². The smallest absolute Gasteiger partial charge is 0.239 e. The van der Waals surface area contributed by atoms with Gasteiger partial charge in [0.25, 0.3) is 0 Å². The van der Waals surface area contributed by atoms with Crippen LogP contribution in [0.1, 0.15) is 26.2 Å². The van der Waals surface area contributed by atoms with E-state index in [0.29, 0.717) is 27.7 Å². The minimum Gasteiger partial charge on any atom is -0.369 e. The van der Waals surface area contributed by atoms with Gasteiger partial charge in [0.05, 0.1) is 16.6 Å². The number of carbonyl (C=O) groups is 1. The molecule has 1 aliphatic rings. The van der Waals surface area contributed by atoms with Gasteiger partial charge in [0, 0.05) is 12.6 Å². The number of pyridine rings is 1. The summed E-state index contributed by atoms with van der Waals surface area (Å²) < 4.78 is 0. The second kappa shape index (κ2) is 6.99. The Morgan fingerprint density at radius 2 is 1.95 bits per heavy atom. The second-order valence-electron chi connectivity index (χ2n) is 4.77.